The van der Waals surface area contributed by atoms with Crippen molar-refractivity contribution < 1.29 is 13.2 Å². The van der Waals surface area contributed by atoms with Crippen LogP contribution in [0.4, 0.5) is 5.69 Å². The van der Waals surface area contributed by atoms with Gasteiger partial charge >= 0.3 is 0 Å². The molecule has 0 aliphatic heterocycles. The predicted molar refractivity (Wildman–Crippen MR) is 89.0 cm³/mol. The molecular formula is C16H16N4O3S. The summed E-state index contributed by atoms with van der Waals surface area (Å²) < 4.78 is 34.1. The Labute approximate surface area is 140 Å². The fourth-order valence-corrected chi connectivity index (χ4v) is 3.06. The summed E-state index contributed by atoms with van der Waals surface area (Å²) in [5.74, 6) is 0.563. The maximum absolute atomic E-state index is 12.3. The van der Waals surface area contributed by atoms with Gasteiger partial charge in [0.2, 0.25) is 0 Å². The van der Waals surface area contributed by atoms with Gasteiger partial charge in [0.05, 0.1) is 5.69 Å². The van der Waals surface area contributed by atoms with Crippen LogP contribution in [-0.2, 0) is 23.7 Å². The quantitative estimate of drug-likeness (QED) is 0.741. The SMILES string of the molecule is Cn1ccc(S(=O)(=O)Nc2cccc(OCc3ccncc3)c2)n1. The van der Waals surface area contributed by atoms with Crippen molar-refractivity contribution in [1.82, 2.24) is 14.8 Å². The number of pyridine rings is 1. The molecule has 0 saturated carbocycles. The Bertz CT molecular complexity index is 923. The molecular weight excluding hydrogens is 328 g/mol. The molecule has 8 heteroatoms. The zero-order valence-corrected chi connectivity index (χ0v) is 13.8. The maximum atomic E-state index is 12.3. The first-order chi connectivity index (χ1) is 11.5. The number of sulfonamides is 1. The number of hydrogen-bond donors (Lipinski definition) is 1. The minimum Gasteiger partial charge on any atom is -0.489 e. The molecule has 7 nitrogen and oxygen atoms in total. The highest BCUT2D eigenvalue weighted by Crippen LogP contribution is 2.21. The summed E-state index contributed by atoms with van der Waals surface area (Å²) in [7, 11) is -2.06. The number of nitrogens with zero attached hydrogens (tertiary/aromatic N) is 3. The van der Waals surface area contributed by atoms with E-state index in [9.17, 15) is 8.42 Å². The first-order valence-electron chi connectivity index (χ1n) is 7.17. The molecule has 1 aromatic carbocycles. The van der Waals surface area contributed by atoms with Gasteiger partial charge in [-0.3, -0.25) is 14.4 Å². The molecule has 2 aromatic heterocycles. The molecule has 124 valence electrons. The fraction of sp³-hybridized carbons (Fsp3) is 0.125. The van der Waals surface area contributed by atoms with E-state index in [1.165, 1.54) is 10.7 Å². The van der Waals surface area contributed by atoms with Crippen LogP contribution in [0.5, 0.6) is 5.75 Å². The van der Waals surface area contributed by atoms with Crippen molar-refractivity contribution in [3.8, 4) is 5.75 Å². The molecule has 3 aromatic rings. The van der Waals surface area contributed by atoms with Gasteiger partial charge in [-0.15, -0.1) is 0 Å². The number of hydrogen-bond acceptors (Lipinski definition) is 5. The molecule has 0 aliphatic rings. The summed E-state index contributed by atoms with van der Waals surface area (Å²) >= 11 is 0. The molecule has 0 spiro atoms. The van der Waals surface area contributed by atoms with E-state index in [2.05, 4.69) is 14.8 Å². The summed E-state index contributed by atoms with van der Waals surface area (Å²) in [6, 6.07) is 11.9. The van der Waals surface area contributed by atoms with E-state index < -0.39 is 10.0 Å². The highest BCUT2D eigenvalue weighted by atomic mass is 32.2. The van der Waals surface area contributed by atoms with Crippen LogP contribution in [0.1, 0.15) is 5.56 Å². The molecule has 0 amide bonds. The third-order valence-electron chi connectivity index (χ3n) is 3.21. The Balaban J connectivity index is 1.71. The normalized spacial score (nSPS) is 11.2. The number of rotatable bonds is 6. The van der Waals surface area contributed by atoms with E-state index in [0.29, 0.717) is 18.0 Å². The van der Waals surface area contributed by atoms with Crippen molar-refractivity contribution in [2.45, 2.75) is 11.6 Å². The van der Waals surface area contributed by atoms with Crippen LogP contribution in [0, 0.1) is 0 Å². The largest absolute Gasteiger partial charge is 0.489 e. The number of anilines is 1. The van der Waals surface area contributed by atoms with Crippen molar-refractivity contribution in [3.05, 3.63) is 66.6 Å². The smallest absolute Gasteiger partial charge is 0.281 e. The molecule has 3 rings (SSSR count). The summed E-state index contributed by atoms with van der Waals surface area (Å²) in [6.45, 7) is 0.374. The number of aromatic nitrogens is 3. The van der Waals surface area contributed by atoms with Crippen LogP contribution in [0.25, 0.3) is 0 Å². The number of ether oxygens (including phenoxy) is 1. The summed E-state index contributed by atoms with van der Waals surface area (Å²) in [5, 5.41) is 3.87. The van der Waals surface area contributed by atoms with Gasteiger partial charge in [0.1, 0.15) is 12.4 Å². The predicted octanol–water partition coefficient (Wildman–Crippen LogP) is 2.19. The van der Waals surface area contributed by atoms with Gasteiger partial charge in [-0.1, -0.05) is 6.07 Å². The Morgan fingerprint density at radius 3 is 2.67 bits per heavy atom. The maximum Gasteiger partial charge on any atom is 0.281 e. The summed E-state index contributed by atoms with van der Waals surface area (Å²) in [5.41, 5.74) is 1.39. The van der Waals surface area contributed by atoms with Gasteiger partial charge in [0.25, 0.3) is 10.0 Å². The average Bonchev–Trinajstić information content (AvgIpc) is 3.01. The topological polar surface area (TPSA) is 86.1 Å². The van der Waals surface area contributed by atoms with Crippen LogP contribution in [-0.4, -0.2) is 23.2 Å². The Kier molecular flexibility index (Phi) is 4.48. The Morgan fingerprint density at radius 1 is 1.17 bits per heavy atom. The lowest BCUT2D eigenvalue weighted by atomic mass is 10.3. The first-order valence-corrected chi connectivity index (χ1v) is 8.65. The Morgan fingerprint density at radius 2 is 1.96 bits per heavy atom. The van der Waals surface area contributed by atoms with Crippen molar-refractivity contribution >= 4 is 15.7 Å². The van der Waals surface area contributed by atoms with Crippen LogP contribution >= 0.6 is 0 Å². The highest BCUT2D eigenvalue weighted by Gasteiger charge is 2.17. The van der Waals surface area contributed by atoms with Crippen molar-refractivity contribution in [2.24, 2.45) is 7.05 Å². The molecule has 1 N–H and O–H groups in total. The monoisotopic (exact) mass is 344 g/mol. The van der Waals surface area contributed by atoms with Crippen LogP contribution in [0.2, 0.25) is 0 Å². The lowest BCUT2D eigenvalue weighted by molar-refractivity contribution is 0.306. The lowest BCUT2D eigenvalue weighted by Crippen LogP contribution is -2.14. The second kappa shape index (κ2) is 6.71. The first kappa shape index (κ1) is 16.0. The second-order valence-electron chi connectivity index (χ2n) is 5.11. The van der Waals surface area contributed by atoms with E-state index in [1.807, 2.05) is 12.1 Å². The standard InChI is InChI=1S/C16H16N4O3S/c1-20-10-7-16(18-20)24(21,22)19-14-3-2-4-15(11-14)23-12-13-5-8-17-9-6-13/h2-11,19H,12H2,1H3. The van der Waals surface area contributed by atoms with Crippen molar-refractivity contribution in [3.63, 3.8) is 0 Å². The van der Waals surface area contributed by atoms with E-state index in [0.717, 1.165) is 5.56 Å². The number of aryl methyl sites for hydroxylation is 1. The minimum atomic E-state index is -3.72. The number of nitrogens with one attached hydrogen (secondary N) is 1. The molecule has 0 fully saturated rings. The Hall–Kier alpha value is -2.87. The summed E-state index contributed by atoms with van der Waals surface area (Å²) in [4.78, 5) is 3.95. The van der Waals surface area contributed by atoms with E-state index >= 15 is 0 Å². The third-order valence-corrected chi connectivity index (χ3v) is 4.48. The van der Waals surface area contributed by atoms with Crippen LogP contribution in [0.15, 0.2) is 66.1 Å². The molecule has 0 bridgehead atoms. The number of benzene rings is 1. The molecule has 24 heavy (non-hydrogen) atoms. The highest BCUT2D eigenvalue weighted by molar-refractivity contribution is 7.92. The van der Waals surface area contributed by atoms with Crippen molar-refractivity contribution in [1.29, 1.82) is 0 Å². The van der Waals surface area contributed by atoms with E-state index in [4.69, 9.17) is 4.74 Å². The molecule has 0 unspecified atom stereocenters. The van der Waals surface area contributed by atoms with Crippen LogP contribution < -0.4 is 9.46 Å². The molecule has 0 saturated heterocycles. The minimum absolute atomic E-state index is 0.0342. The van der Waals surface area contributed by atoms with Crippen LogP contribution in [0.3, 0.4) is 0 Å². The van der Waals surface area contributed by atoms with E-state index in [1.54, 1.807) is 49.9 Å². The molecule has 0 atom stereocenters. The van der Waals surface area contributed by atoms with Gasteiger partial charge in [-0.25, -0.2) is 0 Å². The molecule has 0 aliphatic carbocycles. The zero-order valence-electron chi connectivity index (χ0n) is 13.0. The zero-order chi connectivity index (χ0) is 17.0. The van der Waals surface area contributed by atoms with Crippen molar-refractivity contribution in [2.75, 3.05) is 4.72 Å². The van der Waals surface area contributed by atoms with Gasteiger partial charge in [0, 0.05) is 31.7 Å². The van der Waals surface area contributed by atoms with E-state index in [-0.39, 0.29) is 5.03 Å². The van der Waals surface area contributed by atoms with Gasteiger partial charge in [0.15, 0.2) is 5.03 Å². The summed E-state index contributed by atoms with van der Waals surface area (Å²) in [6.07, 6.45) is 4.95. The lowest BCUT2D eigenvalue weighted by Gasteiger charge is -2.09. The third kappa shape index (κ3) is 3.90. The second-order valence-corrected chi connectivity index (χ2v) is 6.73. The average molecular weight is 344 g/mol. The van der Waals surface area contributed by atoms with Gasteiger partial charge < -0.3 is 4.74 Å². The van der Waals surface area contributed by atoms with Gasteiger partial charge in [-0.2, -0.15) is 13.5 Å². The fourth-order valence-electron chi connectivity index (χ4n) is 2.04. The van der Waals surface area contributed by atoms with Gasteiger partial charge in [-0.05, 0) is 35.9 Å². The molecule has 2 heterocycles. The molecule has 0 radical (unpaired) electrons.